The number of anilines is 2. The van der Waals surface area contributed by atoms with Gasteiger partial charge in [-0.25, -0.2) is 0 Å². The molecule has 248 valence electrons. The summed E-state index contributed by atoms with van der Waals surface area (Å²) in [6, 6.07) is 18.8. The van der Waals surface area contributed by atoms with Crippen molar-refractivity contribution in [2.45, 2.75) is 116 Å². The van der Waals surface area contributed by atoms with Gasteiger partial charge in [0.1, 0.15) is 0 Å². The van der Waals surface area contributed by atoms with Crippen molar-refractivity contribution >= 4 is 28.2 Å². The lowest BCUT2D eigenvalue weighted by atomic mass is 9.70. The van der Waals surface area contributed by atoms with E-state index in [2.05, 4.69) is 155 Å². The largest absolute Gasteiger partial charge is 0.335 e. The van der Waals surface area contributed by atoms with Gasteiger partial charge in [0, 0.05) is 28.5 Å². The van der Waals surface area contributed by atoms with E-state index in [9.17, 15) is 0 Å². The Hall–Kier alpha value is -4.04. The Morgan fingerprint density at radius 2 is 1.33 bits per heavy atom. The lowest BCUT2D eigenvalue weighted by Gasteiger charge is -2.39. The molecular formula is C46H54N2. The molecule has 0 saturated carbocycles. The minimum Gasteiger partial charge on any atom is -0.335 e. The lowest BCUT2D eigenvalue weighted by Crippen LogP contribution is -2.31. The Bertz CT molecular complexity index is 1830. The topological polar surface area (TPSA) is 6.48 Å². The zero-order valence-electron chi connectivity index (χ0n) is 30.2. The molecule has 0 heterocycles. The fraction of sp³-hybridized carbons (Fsp3) is 0.391. The van der Waals surface area contributed by atoms with Gasteiger partial charge in [-0.1, -0.05) is 102 Å². The van der Waals surface area contributed by atoms with Gasteiger partial charge in [-0.05, 0) is 144 Å². The van der Waals surface area contributed by atoms with Crippen molar-refractivity contribution in [2.24, 2.45) is 0 Å². The average Bonchev–Trinajstić information content (AvgIpc) is 3.08. The minimum absolute atomic E-state index is 0.00596. The molecule has 2 heteroatoms. The van der Waals surface area contributed by atoms with Crippen LogP contribution in [0.4, 0.5) is 11.4 Å². The maximum absolute atomic E-state index is 2.59. The third-order valence-corrected chi connectivity index (χ3v) is 10.5. The average molecular weight is 635 g/mol. The van der Waals surface area contributed by atoms with Gasteiger partial charge in [0.15, 0.2) is 0 Å². The first-order valence-electron chi connectivity index (χ1n) is 18.5. The van der Waals surface area contributed by atoms with Gasteiger partial charge in [0.2, 0.25) is 0 Å². The van der Waals surface area contributed by atoms with Crippen LogP contribution < -0.4 is 4.90 Å². The van der Waals surface area contributed by atoms with Crippen LogP contribution in [-0.2, 0) is 17.3 Å². The number of allylic oxidation sites excluding steroid dienone is 8. The zero-order valence-corrected chi connectivity index (χ0v) is 30.2. The van der Waals surface area contributed by atoms with Crippen molar-refractivity contribution in [3.8, 4) is 0 Å². The van der Waals surface area contributed by atoms with Crippen molar-refractivity contribution in [1.82, 2.24) is 4.90 Å². The van der Waals surface area contributed by atoms with E-state index < -0.39 is 0 Å². The van der Waals surface area contributed by atoms with Crippen molar-refractivity contribution in [3.05, 3.63) is 136 Å². The Labute approximate surface area is 289 Å². The van der Waals surface area contributed by atoms with E-state index in [-0.39, 0.29) is 10.8 Å². The highest BCUT2D eigenvalue weighted by Crippen LogP contribution is 2.48. The number of benzene rings is 3. The molecule has 2 nitrogen and oxygen atoms in total. The fourth-order valence-electron chi connectivity index (χ4n) is 8.59. The third-order valence-electron chi connectivity index (χ3n) is 10.5. The molecule has 7 rings (SSSR count). The molecule has 0 spiro atoms. The second-order valence-corrected chi connectivity index (χ2v) is 16.2. The van der Waals surface area contributed by atoms with Crippen LogP contribution in [0.1, 0.15) is 115 Å². The monoisotopic (exact) mass is 634 g/mol. The van der Waals surface area contributed by atoms with Crippen molar-refractivity contribution in [3.63, 3.8) is 0 Å². The van der Waals surface area contributed by atoms with Crippen LogP contribution in [0.3, 0.4) is 0 Å². The highest BCUT2D eigenvalue weighted by atomic mass is 15.2. The second kappa shape index (κ2) is 13.1. The van der Waals surface area contributed by atoms with E-state index in [0.29, 0.717) is 6.04 Å². The van der Waals surface area contributed by atoms with Crippen molar-refractivity contribution in [2.75, 3.05) is 4.90 Å². The van der Waals surface area contributed by atoms with Gasteiger partial charge in [0.05, 0.1) is 6.04 Å². The summed E-state index contributed by atoms with van der Waals surface area (Å²) < 4.78 is 0. The lowest BCUT2D eigenvalue weighted by molar-refractivity contribution is 0.515. The zero-order chi connectivity index (χ0) is 33.5. The molecule has 0 amide bonds. The van der Waals surface area contributed by atoms with E-state index in [4.69, 9.17) is 0 Å². The summed E-state index contributed by atoms with van der Waals surface area (Å²) in [6.07, 6.45) is 31.8. The molecule has 0 fully saturated rings. The third kappa shape index (κ3) is 6.27. The normalized spacial score (nSPS) is 19.5. The summed E-state index contributed by atoms with van der Waals surface area (Å²) in [7, 11) is 0. The van der Waals surface area contributed by atoms with Crippen molar-refractivity contribution in [1.29, 1.82) is 0 Å². The summed E-state index contributed by atoms with van der Waals surface area (Å²) in [5, 5.41) is 2.83. The highest BCUT2D eigenvalue weighted by Gasteiger charge is 2.33. The Balaban J connectivity index is 1.47. The molecule has 3 aromatic rings. The predicted molar refractivity (Wildman–Crippen MR) is 208 cm³/mol. The number of hydrogen-bond acceptors (Lipinski definition) is 2. The minimum atomic E-state index is -0.0245. The first kappa shape index (κ1) is 32.5. The van der Waals surface area contributed by atoms with Crippen LogP contribution in [0.25, 0.3) is 16.8 Å². The molecule has 0 N–H and O–H groups in total. The molecule has 4 aliphatic carbocycles. The Morgan fingerprint density at radius 1 is 0.646 bits per heavy atom. The molecule has 0 bridgehead atoms. The molecule has 48 heavy (non-hydrogen) atoms. The van der Waals surface area contributed by atoms with Crippen LogP contribution in [-0.4, -0.2) is 10.9 Å². The molecule has 1 atom stereocenters. The van der Waals surface area contributed by atoms with Crippen molar-refractivity contribution < 1.29 is 0 Å². The van der Waals surface area contributed by atoms with Gasteiger partial charge in [-0.3, -0.25) is 0 Å². The Kier molecular flexibility index (Phi) is 8.88. The second-order valence-electron chi connectivity index (χ2n) is 16.2. The van der Waals surface area contributed by atoms with Gasteiger partial charge in [0.25, 0.3) is 0 Å². The first-order chi connectivity index (χ1) is 23.1. The van der Waals surface area contributed by atoms with Crippen LogP contribution >= 0.6 is 0 Å². The smallest absolute Gasteiger partial charge is 0.0522 e. The van der Waals surface area contributed by atoms with Crippen LogP contribution in [0.15, 0.2) is 114 Å². The summed E-state index contributed by atoms with van der Waals surface area (Å²) in [4.78, 5) is 5.16. The fourth-order valence-corrected chi connectivity index (χ4v) is 8.59. The molecule has 4 aliphatic rings. The summed E-state index contributed by atoms with van der Waals surface area (Å²) in [5.41, 5.74) is 12.6. The maximum atomic E-state index is 2.59. The highest BCUT2D eigenvalue weighted by molar-refractivity contribution is 5.98. The number of rotatable bonds is 6. The molecule has 3 aromatic carbocycles. The van der Waals surface area contributed by atoms with E-state index in [1.54, 1.807) is 5.56 Å². The standard InChI is InChI=1S/C46H54N2/c1-45(2,3)43-39-29-27-38(48(35-23-15-9-16-24-35)36-25-17-10-18-26-36)32-42(39)44(46(4,5)6)40-30-28-37(31-41(40)43)47(33-19-11-7-12-20-33)34-21-13-8-14-22-34/h7,11-13,15,17,19-21,23-26,28,30-32,34H,8-10,14,16,18,22,27,29H2,1-6H3. The summed E-state index contributed by atoms with van der Waals surface area (Å²) in [5.74, 6) is 0. The van der Waals surface area contributed by atoms with Gasteiger partial charge in [-0.15, -0.1) is 0 Å². The van der Waals surface area contributed by atoms with Gasteiger partial charge in [-0.2, -0.15) is 0 Å². The molecular weight excluding hydrogens is 581 g/mol. The van der Waals surface area contributed by atoms with Crippen LogP contribution in [0, 0.1) is 0 Å². The molecule has 1 unspecified atom stereocenters. The van der Waals surface area contributed by atoms with E-state index >= 15 is 0 Å². The van der Waals surface area contributed by atoms with Crippen LogP contribution in [0.5, 0.6) is 0 Å². The van der Waals surface area contributed by atoms with Gasteiger partial charge < -0.3 is 9.80 Å². The molecule has 0 aliphatic heterocycles. The van der Waals surface area contributed by atoms with Gasteiger partial charge >= 0.3 is 0 Å². The van der Waals surface area contributed by atoms with E-state index in [1.807, 2.05) is 0 Å². The number of nitrogens with zero attached hydrogens (tertiary/aromatic N) is 2. The van der Waals surface area contributed by atoms with E-state index in [0.717, 1.165) is 38.5 Å². The number of para-hydroxylation sites is 1. The molecule has 0 aromatic heterocycles. The molecule has 0 radical (unpaired) electrons. The molecule has 0 saturated heterocycles. The number of fused-ring (bicyclic) bond motifs is 2. The first-order valence-corrected chi connectivity index (χ1v) is 18.5. The van der Waals surface area contributed by atoms with Crippen LogP contribution in [0.2, 0.25) is 0 Å². The Morgan fingerprint density at radius 3 is 1.92 bits per heavy atom. The van der Waals surface area contributed by atoms with E-state index in [1.165, 1.54) is 75.2 Å². The maximum Gasteiger partial charge on any atom is 0.0522 e. The summed E-state index contributed by atoms with van der Waals surface area (Å²) >= 11 is 0. The summed E-state index contributed by atoms with van der Waals surface area (Å²) in [6.45, 7) is 14.5. The predicted octanol–water partition coefficient (Wildman–Crippen LogP) is 12.7. The number of hydrogen-bond donors (Lipinski definition) is 0. The SMILES string of the molecule is CC(C)(C)c1c2c(c(C(C)(C)C)c3cc(N(c4ccccc4)C4C=CCCC4)ccc13)CCC(N(C1=CCCC=C1)C1=CCCC=C1)=C2. The quantitative estimate of drug-likeness (QED) is 0.249.